The summed E-state index contributed by atoms with van der Waals surface area (Å²) >= 11 is 6.47. The minimum Gasteiger partial charge on any atom is -0.325 e. The lowest BCUT2D eigenvalue weighted by Crippen LogP contribution is -2.62. The molecular weight excluding hydrogens is 474 g/mol. The third-order valence-electron chi connectivity index (χ3n) is 8.81. The van der Waals surface area contributed by atoms with Crippen molar-refractivity contribution in [2.75, 3.05) is 17.2 Å². The Bertz CT molecular complexity index is 1490. The van der Waals surface area contributed by atoms with Gasteiger partial charge < -0.3 is 10.6 Å². The van der Waals surface area contributed by atoms with Crippen molar-refractivity contribution in [1.29, 1.82) is 0 Å². The lowest BCUT2D eigenvalue weighted by Gasteiger charge is -2.43. The molecule has 6 nitrogen and oxygen atoms in total. The number of benzene rings is 3. The lowest BCUT2D eigenvalue weighted by atomic mass is 9.57. The fraction of sp³-hybridized carbons (Fsp3) is 0.276. The zero-order chi connectivity index (χ0) is 24.8. The van der Waals surface area contributed by atoms with E-state index in [4.69, 9.17) is 11.6 Å². The van der Waals surface area contributed by atoms with E-state index in [1.54, 1.807) is 18.2 Å². The van der Waals surface area contributed by atoms with Gasteiger partial charge in [-0.05, 0) is 49.6 Å². The first-order valence-corrected chi connectivity index (χ1v) is 12.7. The molecule has 0 unspecified atom stereocenters. The maximum Gasteiger partial charge on any atom is 0.251 e. The van der Waals surface area contributed by atoms with Gasteiger partial charge in [-0.3, -0.25) is 19.3 Å². The van der Waals surface area contributed by atoms with E-state index in [0.29, 0.717) is 34.1 Å². The van der Waals surface area contributed by atoms with Crippen LogP contribution in [0.25, 0.3) is 0 Å². The molecule has 7 rings (SSSR count). The first-order chi connectivity index (χ1) is 17.4. The summed E-state index contributed by atoms with van der Waals surface area (Å²) < 4.78 is 0. The third-order valence-corrected chi connectivity index (χ3v) is 9.22. The summed E-state index contributed by atoms with van der Waals surface area (Å²) in [6, 6.07) is 20.0. The van der Waals surface area contributed by atoms with E-state index in [-0.39, 0.29) is 23.6 Å². The number of nitrogens with one attached hydrogen (secondary N) is 2. The number of hydrogen-bond donors (Lipinski definition) is 2. The van der Waals surface area contributed by atoms with Crippen molar-refractivity contribution >= 4 is 40.6 Å². The second kappa shape index (κ2) is 7.28. The number of nitrogens with zero attached hydrogens (tertiary/aromatic N) is 1. The van der Waals surface area contributed by atoms with Crippen molar-refractivity contribution in [1.82, 2.24) is 4.90 Å². The van der Waals surface area contributed by atoms with Crippen LogP contribution in [0.2, 0.25) is 5.02 Å². The Morgan fingerprint density at radius 2 is 1.69 bits per heavy atom. The third kappa shape index (κ3) is 2.30. The van der Waals surface area contributed by atoms with E-state index < -0.39 is 16.9 Å². The number of carbonyl (C=O) groups excluding carboxylic acids is 3. The summed E-state index contributed by atoms with van der Waals surface area (Å²) in [7, 11) is 0. The number of hydrogen-bond acceptors (Lipinski definition) is 4. The quantitative estimate of drug-likeness (QED) is 0.505. The smallest absolute Gasteiger partial charge is 0.251 e. The molecular formula is C29H24ClN3O3. The Balaban J connectivity index is 1.61. The van der Waals surface area contributed by atoms with Crippen LogP contribution in [0.5, 0.6) is 0 Å². The minimum atomic E-state index is -1.43. The summed E-state index contributed by atoms with van der Waals surface area (Å²) in [5, 5.41) is 6.70. The summed E-state index contributed by atoms with van der Waals surface area (Å²) in [4.78, 5) is 45.4. The Kier molecular flexibility index (Phi) is 4.40. The van der Waals surface area contributed by atoms with Crippen LogP contribution in [0.1, 0.15) is 39.9 Å². The van der Waals surface area contributed by atoms with Crippen molar-refractivity contribution in [3.63, 3.8) is 0 Å². The van der Waals surface area contributed by atoms with Gasteiger partial charge in [0.2, 0.25) is 5.91 Å². The molecule has 2 saturated heterocycles. The molecule has 3 aromatic rings. The Labute approximate surface area is 213 Å². The van der Waals surface area contributed by atoms with Crippen LogP contribution >= 0.6 is 11.6 Å². The monoisotopic (exact) mass is 497 g/mol. The number of Topliss-reactive ketones (excluding diaryl/α,β-unsaturated/α-hetero) is 1. The lowest BCUT2D eigenvalue weighted by molar-refractivity contribution is -0.137. The summed E-state index contributed by atoms with van der Waals surface area (Å²) in [6.45, 7) is 2.49. The van der Waals surface area contributed by atoms with Crippen LogP contribution in [-0.2, 0) is 20.5 Å². The van der Waals surface area contributed by atoms with Crippen LogP contribution < -0.4 is 10.6 Å². The first kappa shape index (κ1) is 21.8. The highest BCUT2D eigenvalue weighted by Crippen LogP contribution is 2.68. The number of para-hydroxylation sites is 1. The van der Waals surface area contributed by atoms with Gasteiger partial charge in [0.15, 0.2) is 5.78 Å². The average molecular weight is 498 g/mol. The number of amides is 2. The van der Waals surface area contributed by atoms with E-state index >= 15 is 0 Å². The van der Waals surface area contributed by atoms with Gasteiger partial charge in [0, 0.05) is 27.9 Å². The van der Waals surface area contributed by atoms with Crippen LogP contribution in [0, 0.1) is 12.8 Å². The zero-order valence-corrected chi connectivity index (χ0v) is 20.4. The van der Waals surface area contributed by atoms with Crippen LogP contribution in [-0.4, -0.2) is 35.1 Å². The highest BCUT2D eigenvalue weighted by molar-refractivity contribution is 6.32. The normalized spacial score (nSPS) is 29.8. The van der Waals surface area contributed by atoms with Crippen LogP contribution in [0.4, 0.5) is 11.4 Å². The molecule has 2 fully saturated rings. The Hall–Kier alpha value is -3.48. The predicted octanol–water partition coefficient (Wildman–Crippen LogP) is 4.66. The molecule has 0 radical (unpaired) electrons. The van der Waals surface area contributed by atoms with Gasteiger partial charge in [-0.25, -0.2) is 0 Å². The molecule has 3 aromatic carbocycles. The number of fused-ring (bicyclic) bond motifs is 7. The predicted molar refractivity (Wildman–Crippen MR) is 137 cm³/mol. The van der Waals surface area contributed by atoms with Crippen molar-refractivity contribution in [3.8, 4) is 0 Å². The summed E-state index contributed by atoms with van der Waals surface area (Å²) in [5.74, 6) is -1.42. The second-order valence-electron chi connectivity index (χ2n) is 10.2. The van der Waals surface area contributed by atoms with Gasteiger partial charge in [-0.2, -0.15) is 0 Å². The van der Waals surface area contributed by atoms with Gasteiger partial charge in [0.25, 0.3) is 5.91 Å². The van der Waals surface area contributed by atoms with Crippen molar-refractivity contribution in [2.24, 2.45) is 5.92 Å². The number of rotatable bonds is 2. The van der Waals surface area contributed by atoms with Gasteiger partial charge in [0.1, 0.15) is 11.0 Å². The molecule has 4 heterocycles. The van der Waals surface area contributed by atoms with E-state index in [1.807, 2.05) is 55.5 Å². The molecule has 7 heteroatoms. The second-order valence-corrected chi connectivity index (χ2v) is 10.6. The maximum absolute atomic E-state index is 14.4. The number of halogens is 1. The zero-order valence-electron chi connectivity index (χ0n) is 19.7. The Morgan fingerprint density at radius 3 is 2.50 bits per heavy atom. The summed E-state index contributed by atoms with van der Waals surface area (Å²) in [6.07, 6.45) is 1.58. The molecule has 4 atom stereocenters. The molecule has 4 aliphatic rings. The molecule has 0 aliphatic carbocycles. The molecule has 0 bridgehead atoms. The number of carbonyl (C=O) groups is 3. The summed E-state index contributed by atoms with van der Waals surface area (Å²) in [5.41, 5.74) is 1.22. The van der Waals surface area contributed by atoms with Gasteiger partial charge in [-0.1, -0.05) is 66.2 Å². The van der Waals surface area contributed by atoms with Gasteiger partial charge in [-0.15, -0.1) is 0 Å². The van der Waals surface area contributed by atoms with E-state index in [9.17, 15) is 14.4 Å². The highest BCUT2D eigenvalue weighted by Gasteiger charge is 2.81. The largest absolute Gasteiger partial charge is 0.325 e. The van der Waals surface area contributed by atoms with Gasteiger partial charge >= 0.3 is 0 Å². The molecule has 2 amide bonds. The molecule has 36 heavy (non-hydrogen) atoms. The molecule has 4 aliphatic heterocycles. The number of ketones is 1. The topological polar surface area (TPSA) is 78.5 Å². The average Bonchev–Trinajstić information content (AvgIpc) is 3.61. The molecule has 0 aromatic heterocycles. The fourth-order valence-corrected chi connectivity index (χ4v) is 7.71. The van der Waals surface area contributed by atoms with E-state index in [1.165, 1.54) is 0 Å². The molecule has 2 spiro atoms. The van der Waals surface area contributed by atoms with E-state index in [2.05, 4.69) is 15.5 Å². The Morgan fingerprint density at radius 1 is 0.944 bits per heavy atom. The fourth-order valence-electron chi connectivity index (χ4n) is 7.55. The molecule has 2 N–H and O–H groups in total. The maximum atomic E-state index is 14.4. The molecule has 180 valence electrons. The van der Waals surface area contributed by atoms with Crippen molar-refractivity contribution in [3.05, 3.63) is 94.0 Å². The SMILES string of the molecule is Cc1c(Cl)ccc2c1NC(=O)[C@@]21N2CCC[C@@H]2[C@@H](C(=O)c2ccccc2)[C@@]12C(=O)Nc1ccccc12. The van der Waals surface area contributed by atoms with Crippen LogP contribution in [0.15, 0.2) is 66.7 Å². The number of anilines is 2. The van der Waals surface area contributed by atoms with Crippen molar-refractivity contribution < 1.29 is 14.4 Å². The van der Waals surface area contributed by atoms with Crippen LogP contribution in [0.3, 0.4) is 0 Å². The van der Waals surface area contributed by atoms with Crippen molar-refractivity contribution in [2.45, 2.75) is 36.8 Å². The van der Waals surface area contributed by atoms with Gasteiger partial charge in [0.05, 0.1) is 11.6 Å². The standard InChI is InChI=1S/C29H24ClN3O3/c1-16-20(30)14-13-19-24(16)32-27(36)29(19)28(18-10-5-6-11-21(18)31-26(28)35)23(22-12-7-15-33(22)29)25(34)17-8-3-2-4-9-17/h2-6,8-11,13-14,22-23H,7,12,15H2,1H3,(H,31,35)(H,32,36)/t22-,23+,28+,29+/m1/s1. The first-order valence-electron chi connectivity index (χ1n) is 12.3. The highest BCUT2D eigenvalue weighted by atomic mass is 35.5. The molecule has 0 saturated carbocycles. The van der Waals surface area contributed by atoms with E-state index in [0.717, 1.165) is 24.0 Å². The minimum absolute atomic E-state index is 0.108.